The number of nitrogens with one attached hydrogen (secondary N) is 1. The largest absolute Gasteiger partial charge is 0.490 e. The van der Waals surface area contributed by atoms with Crippen LogP contribution in [0, 0.1) is 0 Å². The summed E-state index contributed by atoms with van der Waals surface area (Å²) in [7, 11) is 0. The number of rotatable bonds is 8. The number of aromatic nitrogens is 4. The van der Waals surface area contributed by atoms with E-state index in [0.29, 0.717) is 18.8 Å². The molecule has 47 heavy (non-hydrogen) atoms. The van der Waals surface area contributed by atoms with E-state index in [9.17, 15) is 31.1 Å². The van der Waals surface area contributed by atoms with E-state index in [1.54, 1.807) is 6.20 Å². The van der Waals surface area contributed by atoms with Crippen molar-refractivity contribution in [1.82, 2.24) is 29.2 Å². The standard InChI is InChI=1S/C25H28N6O2.2C2HF3O2/c32-25(27-10-5-11-29-14-16-33-17-15-29)23-22-7-2-4-12-31(22)24(28-23)20-8-13-30(18-20)19-21-6-1-3-9-26-21;2*3-2(4,5)1(6)7/h1-4,6-9,12-13,18H,5,10-11,14-17,19H2,(H,27,32);2*(H,6,7). The van der Waals surface area contributed by atoms with Gasteiger partial charge in [-0.25, -0.2) is 14.6 Å². The number of alkyl halides is 6. The zero-order chi connectivity index (χ0) is 34.6. The number of morpholine rings is 1. The fraction of sp³-hybridized carbons (Fsp3) is 0.345. The lowest BCUT2D eigenvalue weighted by atomic mass is 10.3. The number of hydrogen-bond acceptors (Lipinski definition) is 7. The van der Waals surface area contributed by atoms with Gasteiger partial charge in [0.2, 0.25) is 0 Å². The first-order valence-electron chi connectivity index (χ1n) is 13.9. The fourth-order valence-corrected chi connectivity index (χ4v) is 4.17. The second kappa shape index (κ2) is 16.5. The molecule has 0 spiro atoms. The van der Waals surface area contributed by atoms with E-state index in [0.717, 1.165) is 61.9 Å². The summed E-state index contributed by atoms with van der Waals surface area (Å²) in [4.78, 5) is 42.3. The van der Waals surface area contributed by atoms with Crippen molar-refractivity contribution >= 4 is 23.4 Å². The molecule has 0 aromatic carbocycles. The van der Waals surface area contributed by atoms with Crippen LogP contribution in [0.4, 0.5) is 26.3 Å². The monoisotopic (exact) mass is 672 g/mol. The molecule has 1 aliphatic rings. The zero-order valence-corrected chi connectivity index (χ0v) is 24.5. The molecule has 0 atom stereocenters. The number of hydrogen-bond donors (Lipinski definition) is 3. The molecule has 4 aromatic rings. The maximum Gasteiger partial charge on any atom is 0.490 e. The van der Waals surface area contributed by atoms with Crippen LogP contribution >= 0.6 is 0 Å². The van der Waals surface area contributed by atoms with Crippen molar-refractivity contribution in [3.63, 3.8) is 0 Å². The van der Waals surface area contributed by atoms with E-state index >= 15 is 0 Å². The summed E-state index contributed by atoms with van der Waals surface area (Å²) in [5.74, 6) is -4.90. The van der Waals surface area contributed by atoms with Crippen LogP contribution in [-0.4, -0.2) is 104 Å². The lowest BCUT2D eigenvalue weighted by Crippen LogP contribution is -2.38. The molecule has 4 aromatic heterocycles. The van der Waals surface area contributed by atoms with Gasteiger partial charge in [-0.2, -0.15) is 26.3 Å². The van der Waals surface area contributed by atoms with Gasteiger partial charge < -0.3 is 24.8 Å². The minimum atomic E-state index is -5.08. The van der Waals surface area contributed by atoms with Crippen molar-refractivity contribution in [3.05, 3.63) is 78.6 Å². The van der Waals surface area contributed by atoms with E-state index in [1.165, 1.54) is 0 Å². The number of halogens is 6. The van der Waals surface area contributed by atoms with Crippen LogP contribution in [0.1, 0.15) is 22.6 Å². The Balaban J connectivity index is 0.000000360. The highest BCUT2D eigenvalue weighted by molar-refractivity contribution is 6.00. The molecule has 1 saturated heterocycles. The number of ether oxygens (including phenoxy) is 1. The fourth-order valence-electron chi connectivity index (χ4n) is 4.17. The summed E-state index contributed by atoms with van der Waals surface area (Å²) < 4.78 is 72.9. The Bertz CT molecular complexity index is 1590. The maximum atomic E-state index is 13.0. The van der Waals surface area contributed by atoms with E-state index in [2.05, 4.69) is 19.8 Å². The number of aliphatic carboxylic acids is 2. The number of pyridine rings is 2. The minimum absolute atomic E-state index is 0.139. The lowest BCUT2D eigenvalue weighted by Gasteiger charge is -2.26. The molecule has 0 saturated carbocycles. The first-order valence-corrected chi connectivity index (χ1v) is 13.9. The molecular formula is C29H30F6N6O6. The van der Waals surface area contributed by atoms with Crippen LogP contribution in [-0.2, 0) is 20.9 Å². The Morgan fingerprint density at radius 3 is 2.13 bits per heavy atom. The van der Waals surface area contributed by atoms with Crippen LogP contribution in [0.2, 0.25) is 0 Å². The van der Waals surface area contributed by atoms with E-state index in [-0.39, 0.29) is 5.91 Å². The molecule has 18 heteroatoms. The molecule has 0 unspecified atom stereocenters. The van der Waals surface area contributed by atoms with Gasteiger partial charge in [-0.05, 0) is 43.3 Å². The van der Waals surface area contributed by atoms with Crippen LogP contribution in [0.15, 0.2) is 67.3 Å². The number of carboxylic acid groups (broad SMARTS) is 2. The number of amides is 1. The summed E-state index contributed by atoms with van der Waals surface area (Å²) in [5.41, 5.74) is 3.20. The highest BCUT2D eigenvalue weighted by Gasteiger charge is 2.38. The smallest absolute Gasteiger partial charge is 0.475 e. The topological polar surface area (TPSA) is 151 Å². The SMILES string of the molecule is O=C(NCCCN1CCOCC1)c1nc(-c2ccn(Cc3ccccn3)c2)n2ccccc12.O=C(O)C(F)(F)F.O=C(O)C(F)(F)F. The minimum Gasteiger partial charge on any atom is -0.475 e. The Morgan fingerprint density at radius 2 is 1.53 bits per heavy atom. The number of fused-ring (bicyclic) bond motifs is 1. The number of carboxylic acids is 2. The van der Waals surface area contributed by atoms with Crippen molar-refractivity contribution < 1.29 is 55.7 Å². The molecule has 1 aliphatic heterocycles. The zero-order valence-electron chi connectivity index (χ0n) is 24.5. The summed E-state index contributed by atoms with van der Waals surface area (Å²) in [5, 5.41) is 17.3. The summed E-state index contributed by atoms with van der Waals surface area (Å²) in [6, 6.07) is 13.7. The number of imidazole rings is 1. The van der Waals surface area contributed by atoms with Gasteiger partial charge in [0.1, 0.15) is 5.82 Å². The average Bonchev–Trinajstić information content (AvgIpc) is 3.65. The van der Waals surface area contributed by atoms with E-state index in [1.807, 2.05) is 65.5 Å². The normalized spacial score (nSPS) is 13.6. The third kappa shape index (κ3) is 11.4. The second-order valence-electron chi connectivity index (χ2n) is 9.80. The number of carbonyl (C=O) groups excluding carboxylic acids is 1. The van der Waals surface area contributed by atoms with Gasteiger partial charge in [0.15, 0.2) is 5.69 Å². The van der Waals surface area contributed by atoms with Gasteiger partial charge in [-0.3, -0.25) is 19.1 Å². The number of nitrogens with zero attached hydrogens (tertiary/aromatic N) is 5. The summed E-state index contributed by atoms with van der Waals surface area (Å²) in [6.07, 6.45) is -1.46. The lowest BCUT2D eigenvalue weighted by molar-refractivity contribution is -0.193. The molecule has 5 heterocycles. The molecule has 12 nitrogen and oxygen atoms in total. The van der Waals surface area contributed by atoms with Gasteiger partial charge in [0.05, 0.1) is 31.0 Å². The first-order chi connectivity index (χ1) is 22.2. The summed E-state index contributed by atoms with van der Waals surface area (Å²) in [6.45, 7) is 5.77. The van der Waals surface area contributed by atoms with Crippen LogP contribution in [0.25, 0.3) is 16.9 Å². The van der Waals surface area contributed by atoms with Gasteiger partial charge >= 0.3 is 24.3 Å². The average molecular weight is 673 g/mol. The predicted octanol–water partition coefficient (Wildman–Crippen LogP) is 3.96. The quantitative estimate of drug-likeness (QED) is 0.187. The molecule has 0 radical (unpaired) electrons. The molecule has 1 fully saturated rings. The Morgan fingerprint density at radius 1 is 0.894 bits per heavy atom. The Kier molecular flexibility index (Phi) is 12.9. The van der Waals surface area contributed by atoms with E-state index in [4.69, 9.17) is 29.5 Å². The molecule has 3 N–H and O–H groups in total. The highest BCUT2D eigenvalue weighted by Crippen LogP contribution is 2.24. The van der Waals surface area contributed by atoms with Crippen molar-refractivity contribution in [1.29, 1.82) is 0 Å². The highest BCUT2D eigenvalue weighted by atomic mass is 19.4. The van der Waals surface area contributed by atoms with Gasteiger partial charge in [0, 0.05) is 50.0 Å². The Labute approximate surface area is 263 Å². The molecular weight excluding hydrogens is 642 g/mol. The Hall–Kier alpha value is -4.97. The maximum absolute atomic E-state index is 13.0. The van der Waals surface area contributed by atoms with Crippen molar-refractivity contribution in [2.45, 2.75) is 25.3 Å². The third-order valence-electron chi connectivity index (χ3n) is 6.37. The van der Waals surface area contributed by atoms with Gasteiger partial charge in [-0.15, -0.1) is 0 Å². The first kappa shape index (κ1) is 36.5. The number of carbonyl (C=O) groups is 3. The molecule has 254 valence electrons. The van der Waals surface area contributed by atoms with Crippen LogP contribution < -0.4 is 5.32 Å². The third-order valence-corrected chi connectivity index (χ3v) is 6.37. The molecule has 0 bridgehead atoms. The van der Waals surface area contributed by atoms with Gasteiger partial charge in [0.25, 0.3) is 5.91 Å². The van der Waals surface area contributed by atoms with Crippen molar-refractivity contribution in [3.8, 4) is 11.4 Å². The van der Waals surface area contributed by atoms with Crippen LogP contribution in [0.3, 0.4) is 0 Å². The molecule has 5 rings (SSSR count). The van der Waals surface area contributed by atoms with E-state index < -0.39 is 24.3 Å². The van der Waals surface area contributed by atoms with Crippen LogP contribution in [0.5, 0.6) is 0 Å². The summed E-state index contributed by atoms with van der Waals surface area (Å²) >= 11 is 0. The molecule has 0 aliphatic carbocycles. The predicted molar refractivity (Wildman–Crippen MR) is 154 cm³/mol. The molecule has 1 amide bonds. The van der Waals surface area contributed by atoms with Crippen molar-refractivity contribution in [2.24, 2.45) is 0 Å². The van der Waals surface area contributed by atoms with Gasteiger partial charge in [-0.1, -0.05) is 12.1 Å². The second-order valence-corrected chi connectivity index (χ2v) is 9.80. The van der Waals surface area contributed by atoms with Crippen molar-refractivity contribution in [2.75, 3.05) is 39.4 Å².